The number of thiazole rings is 1. The van der Waals surface area contributed by atoms with E-state index in [0.717, 1.165) is 41.4 Å². The topological polar surface area (TPSA) is 72.7 Å². The van der Waals surface area contributed by atoms with Gasteiger partial charge >= 0.3 is 0 Å². The number of aryl methyl sites for hydroxylation is 2. The number of methoxy groups -OCH3 is 1. The molecule has 2 heterocycles. The van der Waals surface area contributed by atoms with Crippen molar-refractivity contribution in [1.82, 2.24) is 14.7 Å². The third-order valence-electron chi connectivity index (χ3n) is 4.73. The molecule has 0 saturated heterocycles. The molecule has 0 aliphatic heterocycles. The van der Waals surface area contributed by atoms with Crippen LogP contribution in [0.1, 0.15) is 39.3 Å². The van der Waals surface area contributed by atoms with E-state index in [2.05, 4.69) is 26.2 Å². The summed E-state index contributed by atoms with van der Waals surface area (Å²) in [4.78, 5) is 31.8. The molecule has 1 aliphatic carbocycles. The number of carbonyl (C=O) groups excluding carboxylic acids is 1. The van der Waals surface area contributed by atoms with Crippen LogP contribution in [0.15, 0.2) is 33.7 Å². The van der Waals surface area contributed by atoms with Crippen LogP contribution < -0.4 is 15.6 Å². The number of fused-ring (bicyclic) bond motifs is 3. The van der Waals surface area contributed by atoms with Crippen LogP contribution in [-0.4, -0.2) is 22.4 Å². The molecule has 0 saturated carbocycles. The van der Waals surface area contributed by atoms with Gasteiger partial charge in [0.15, 0.2) is 4.96 Å². The number of rotatable bonds is 4. The van der Waals surface area contributed by atoms with Crippen molar-refractivity contribution < 1.29 is 9.53 Å². The normalized spacial score (nSPS) is 13.4. The molecule has 0 bridgehead atoms. The minimum absolute atomic E-state index is 0.0626. The molecule has 3 aromatic rings. The van der Waals surface area contributed by atoms with Crippen molar-refractivity contribution in [2.45, 2.75) is 32.2 Å². The van der Waals surface area contributed by atoms with E-state index < -0.39 is 5.91 Å². The summed E-state index contributed by atoms with van der Waals surface area (Å²) in [6, 6.07) is 5.57. The van der Waals surface area contributed by atoms with E-state index in [4.69, 9.17) is 4.74 Å². The van der Waals surface area contributed by atoms with Crippen LogP contribution in [0.4, 0.5) is 0 Å². The van der Waals surface area contributed by atoms with Gasteiger partial charge in [-0.25, -0.2) is 4.98 Å². The summed E-state index contributed by atoms with van der Waals surface area (Å²) in [5.74, 6) is 0.246. The van der Waals surface area contributed by atoms with Gasteiger partial charge in [0.05, 0.1) is 7.11 Å². The predicted octanol–water partition coefficient (Wildman–Crippen LogP) is 3.34. The second kappa shape index (κ2) is 7.44. The molecule has 0 fully saturated rings. The second-order valence-electron chi connectivity index (χ2n) is 6.41. The quantitative estimate of drug-likeness (QED) is 0.665. The van der Waals surface area contributed by atoms with Crippen molar-refractivity contribution in [3.8, 4) is 5.75 Å². The predicted molar refractivity (Wildman–Crippen MR) is 108 cm³/mol. The number of hydrogen-bond donors (Lipinski definition) is 1. The molecule has 0 spiro atoms. The Labute approximate surface area is 168 Å². The molecule has 1 N–H and O–H groups in total. The average molecular weight is 448 g/mol. The molecule has 0 unspecified atom stereocenters. The zero-order chi connectivity index (χ0) is 19.0. The molecular weight excluding hydrogens is 430 g/mol. The molecule has 2 aromatic heterocycles. The zero-order valence-electron chi connectivity index (χ0n) is 14.8. The van der Waals surface area contributed by atoms with Crippen molar-refractivity contribution in [3.05, 3.63) is 60.9 Å². The first-order valence-corrected chi connectivity index (χ1v) is 10.3. The SMILES string of the molecule is COc1ccc(Br)cc1CNC(=O)c1cnc2sc3c(n2c1=O)CCCC3. The van der Waals surface area contributed by atoms with Gasteiger partial charge in [0, 0.05) is 33.3 Å². The van der Waals surface area contributed by atoms with Gasteiger partial charge in [0.1, 0.15) is 11.3 Å². The summed E-state index contributed by atoms with van der Waals surface area (Å²) in [6.45, 7) is 0.255. The smallest absolute Gasteiger partial charge is 0.271 e. The van der Waals surface area contributed by atoms with Crippen molar-refractivity contribution in [2.75, 3.05) is 7.11 Å². The lowest BCUT2D eigenvalue weighted by Gasteiger charge is -2.11. The number of amides is 1. The van der Waals surface area contributed by atoms with Crippen molar-refractivity contribution in [3.63, 3.8) is 0 Å². The second-order valence-corrected chi connectivity index (χ2v) is 8.39. The van der Waals surface area contributed by atoms with Gasteiger partial charge in [-0.05, 0) is 43.9 Å². The molecule has 6 nitrogen and oxygen atoms in total. The Morgan fingerprint density at radius 3 is 3.00 bits per heavy atom. The first-order chi connectivity index (χ1) is 13.1. The highest BCUT2D eigenvalue weighted by Crippen LogP contribution is 2.28. The van der Waals surface area contributed by atoms with E-state index in [1.807, 2.05) is 18.2 Å². The van der Waals surface area contributed by atoms with Crippen LogP contribution in [0.25, 0.3) is 4.96 Å². The van der Waals surface area contributed by atoms with Crippen LogP contribution in [0.3, 0.4) is 0 Å². The van der Waals surface area contributed by atoms with Gasteiger partial charge in [-0.1, -0.05) is 15.9 Å². The average Bonchev–Trinajstić information content (AvgIpc) is 3.06. The summed E-state index contributed by atoms with van der Waals surface area (Å²) < 4.78 is 7.83. The minimum Gasteiger partial charge on any atom is -0.496 e. The number of halogens is 1. The number of nitrogens with zero attached hydrogens (tertiary/aromatic N) is 2. The highest BCUT2D eigenvalue weighted by atomic mass is 79.9. The number of hydrogen-bond acceptors (Lipinski definition) is 5. The Kier molecular flexibility index (Phi) is 5.01. The van der Waals surface area contributed by atoms with Gasteiger partial charge < -0.3 is 10.1 Å². The third kappa shape index (κ3) is 3.39. The van der Waals surface area contributed by atoms with Crippen LogP contribution in [0.5, 0.6) is 5.75 Å². The minimum atomic E-state index is -0.431. The summed E-state index contributed by atoms with van der Waals surface area (Å²) in [6.07, 6.45) is 5.41. The van der Waals surface area contributed by atoms with Crippen LogP contribution in [0, 0.1) is 0 Å². The lowest BCUT2D eigenvalue weighted by Crippen LogP contribution is -2.31. The van der Waals surface area contributed by atoms with E-state index >= 15 is 0 Å². The monoisotopic (exact) mass is 447 g/mol. The fourth-order valence-corrected chi connectivity index (χ4v) is 4.96. The largest absolute Gasteiger partial charge is 0.496 e. The molecule has 4 rings (SSSR count). The van der Waals surface area contributed by atoms with Gasteiger partial charge in [0.25, 0.3) is 11.5 Å². The maximum Gasteiger partial charge on any atom is 0.271 e. The molecule has 1 amide bonds. The highest BCUT2D eigenvalue weighted by molar-refractivity contribution is 9.10. The Balaban J connectivity index is 1.63. The first-order valence-electron chi connectivity index (χ1n) is 8.71. The van der Waals surface area contributed by atoms with Crippen LogP contribution in [-0.2, 0) is 19.4 Å². The summed E-state index contributed by atoms with van der Waals surface area (Å²) >= 11 is 4.97. The fraction of sp³-hybridized carbons (Fsp3) is 0.316. The Hall–Kier alpha value is -2.19. The zero-order valence-corrected chi connectivity index (χ0v) is 17.2. The molecule has 1 aromatic carbocycles. The third-order valence-corrected chi connectivity index (χ3v) is 6.38. The van der Waals surface area contributed by atoms with E-state index in [0.29, 0.717) is 10.7 Å². The number of nitrogens with one attached hydrogen (secondary N) is 1. The van der Waals surface area contributed by atoms with Gasteiger partial charge in [0.2, 0.25) is 0 Å². The number of aromatic nitrogens is 2. The highest BCUT2D eigenvalue weighted by Gasteiger charge is 2.21. The number of benzene rings is 1. The maximum absolute atomic E-state index is 12.9. The lowest BCUT2D eigenvalue weighted by molar-refractivity contribution is 0.0948. The molecular formula is C19H18BrN3O3S. The molecule has 140 valence electrons. The van der Waals surface area contributed by atoms with E-state index in [9.17, 15) is 9.59 Å². The van der Waals surface area contributed by atoms with Gasteiger partial charge in [-0.15, -0.1) is 11.3 Å². The molecule has 0 atom stereocenters. The van der Waals surface area contributed by atoms with E-state index in [-0.39, 0.29) is 17.7 Å². The van der Waals surface area contributed by atoms with Crippen molar-refractivity contribution >= 4 is 38.1 Å². The molecule has 8 heteroatoms. The fourth-order valence-electron chi connectivity index (χ4n) is 3.38. The summed E-state index contributed by atoms with van der Waals surface area (Å²) in [5.41, 5.74) is 1.61. The molecule has 27 heavy (non-hydrogen) atoms. The standard InChI is InChI=1S/C19H18BrN3O3S/c1-26-15-7-6-12(20)8-11(15)9-21-17(24)13-10-22-19-23(18(13)25)14-4-2-3-5-16(14)27-19/h6-8,10H,2-5,9H2,1H3,(H,21,24). The van der Waals surface area contributed by atoms with Gasteiger partial charge in [-0.3, -0.25) is 14.0 Å². The van der Waals surface area contributed by atoms with E-state index in [1.165, 1.54) is 11.1 Å². The van der Waals surface area contributed by atoms with E-state index in [1.54, 1.807) is 22.8 Å². The summed E-state index contributed by atoms with van der Waals surface area (Å²) in [5, 5.41) is 2.81. The maximum atomic E-state index is 12.9. The van der Waals surface area contributed by atoms with Crippen LogP contribution in [0.2, 0.25) is 0 Å². The van der Waals surface area contributed by atoms with Crippen molar-refractivity contribution in [2.24, 2.45) is 0 Å². The molecule has 1 aliphatic rings. The number of ether oxygens (including phenoxy) is 1. The van der Waals surface area contributed by atoms with Crippen LogP contribution >= 0.6 is 27.3 Å². The Morgan fingerprint density at radius 1 is 1.37 bits per heavy atom. The Bertz CT molecular complexity index is 1090. The van der Waals surface area contributed by atoms with Gasteiger partial charge in [-0.2, -0.15) is 0 Å². The number of carbonyl (C=O) groups is 1. The lowest BCUT2D eigenvalue weighted by atomic mass is 10.0. The Morgan fingerprint density at radius 2 is 2.19 bits per heavy atom. The van der Waals surface area contributed by atoms with Crippen molar-refractivity contribution in [1.29, 1.82) is 0 Å². The summed E-state index contributed by atoms with van der Waals surface area (Å²) in [7, 11) is 1.58. The molecule has 0 radical (unpaired) electrons. The first kappa shape index (κ1) is 18.2.